The fraction of sp³-hybridized carbons (Fsp3) is 0.0769. The van der Waals surface area contributed by atoms with Crippen molar-refractivity contribution in [2.45, 2.75) is 6.92 Å². The van der Waals surface area contributed by atoms with Crippen molar-refractivity contribution in [3.63, 3.8) is 0 Å². The van der Waals surface area contributed by atoms with Gasteiger partial charge in [0, 0.05) is 0 Å². The molecule has 0 aliphatic carbocycles. The Balaban J connectivity index is 0.000000270. The van der Waals surface area contributed by atoms with Crippen LogP contribution in [-0.4, -0.2) is 14.2 Å². The molecule has 0 atom stereocenters. The zero-order valence-electron chi connectivity index (χ0n) is 10.8. The van der Waals surface area contributed by atoms with Crippen molar-refractivity contribution >= 4 is 14.2 Å². The van der Waals surface area contributed by atoms with Gasteiger partial charge in [0.25, 0.3) is 0 Å². The van der Waals surface area contributed by atoms with Gasteiger partial charge in [0.1, 0.15) is 0 Å². The topological polar surface area (TPSA) is 0 Å². The first-order chi connectivity index (χ1) is 9.29. The molecule has 0 aliphatic rings. The molecule has 21 heavy (non-hydrogen) atoms. The Morgan fingerprint density at radius 3 is 1.48 bits per heavy atom. The molecule has 0 spiro atoms. The van der Waals surface area contributed by atoms with Crippen LogP contribution < -0.4 is 21.2 Å². The summed E-state index contributed by atoms with van der Waals surface area (Å²) in [5, 5.41) is 0. The molecule has 0 nitrogen and oxygen atoms in total. The zero-order valence-corrected chi connectivity index (χ0v) is 14.8. The number of hydrogen-bond acceptors (Lipinski definition) is 0. The van der Waals surface area contributed by atoms with Crippen molar-refractivity contribution in [3.05, 3.63) is 67.3 Å². The summed E-state index contributed by atoms with van der Waals surface area (Å²) >= 11 is -11.0. The van der Waals surface area contributed by atoms with Crippen LogP contribution in [0.15, 0.2) is 54.6 Å². The van der Waals surface area contributed by atoms with Crippen LogP contribution >= 0.6 is 0 Å². The average molecular weight is 484 g/mol. The Morgan fingerprint density at radius 1 is 0.667 bits per heavy atom. The molecule has 8 heteroatoms. The Morgan fingerprint density at radius 2 is 1.05 bits per heavy atom. The maximum atomic E-state index is 9.91. The van der Waals surface area contributed by atoms with Crippen molar-refractivity contribution in [1.29, 1.82) is 0 Å². The molecule has 0 fully saturated rings. The molecular formula is C13H12AsF6I. The predicted molar refractivity (Wildman–Crippen MR) is 67.4 cm³/mol. The summed E-state index contributed by atoms with van der Waals surface area (Å²) in [6.07, 6.45) is 0. The SMILES string of the molecule is Cc1ccc([I+]c2ccccc2)cc1.F[As-](F)(F)(F)(F)F. The van der Waals surface area contributed by atoms with Crippen LogP contribution in [0.1, 0.15) is 5.56 Å². The Bertz CT molecular complexity index is 566. The Labute approximate surface area is 130 Å². The van der Waals surface area contributed by atoms with Crippen LogP contribution in [0.2, 0.25) is 0 Å². The van der Waals surface area contributed by atoms with Gasteiger partial charge in [-0.1, -0.05) is 35.9 Å². The van der Waals surface area contributed by atoms with Gasteiger partial charge in [-0.25, -0.2) is 0 Å². The molecule has 0 aliphatic heterocycles. The second-order valence-electron chi connectivity index (χ2n) is 4.14. The van der Waals surface area contributed by atoms with E-state index in [1.807, 2.05) is 0 Å². The van der Waals surface area contributed by atoms with Crippen molar-refractivity contribution in [2.24, 2.45) is 0 Å². The summed E-state index contributed by atoms with van der Waals surface area (Å²) in [4.78, 5) is 0. The van der Waals surface area contributed by atoms with E-state index in [4.69, 9.17) is 0 Å². The molecule has 0 bridgehead atoms. The minimum absolute atomic E-state index is 0.0159. The van der Waals surface area contributed by atoms with Gasteiger partial charge in [0.2, 0.25) is 0 Å². The van der Waals surface area contributed by atoms with E-state index >= 15 is 0 Å². The van der Waals surface area contributed by atoms with Gasteiger partial charge >= 0.3 is 56.2 Å². The molecule has 0 amide bonds. The second-order valence-corrected chi connectivity index (χ2v) is 11.2. The normalized spacial score (nSPS) is 14.4. The maximum absolute atomic E-state index is 11.1. The fourth-order valence-electron chi connectivity index (χ4n) is 1.20. The third-order valence-corrected chi connectivity index (χ3v) is 4.65. The van der Waals surface area contributed by atoms with Crippen LogP contribution in [0.5, 0.6) is 0 Å². The van der Waals surface area contributed by atoms with Gasteiger partial charge in [-0.2, -0.15) is 0 Å². The number of benzene rings is 2. The van der Waals surface area contributed by atoms with E-state index in [1.165, 1.54) is 12.7 Å². The zero-order chi connectivity index (χ0) is 16.2. The van der Waals surface area contributed by atoms with Crippen molar-refractivity contribution < 1.29 is 42.0 Å². The first-order valence-corrected chi connectivity index (χ1v) is 12.0. The summed E-state index contributed by atoms with van der Waals surface area (Å²) in [5.41, 5.74) is 1.34. The van der Waals surface area contributed by atoms with E-state index in [0.29, 0.717) is 0 Å². The predicted octanol–water partition coefficient (Wildman–Crippen LogP) is 2.26. The standard InChI is InChI=1S/C13H12I.AsF6/c1-11-7-9-13(10-8-11)14-12-5-3-2-4-6-12;2-1(3,4,5,6)7/h2-10H,1H3;/q+1;-1. The average Bonchev–Trinajstić information content (AvgIpc) is 2.30. The molecule has 2 aromatic rings. The molecule has 2 rings (SSSR count). The number of halogens is 7. The third-order valence-electron chi connectivity index (χ3n) is 1.96. The van der Waals surface area contributed by atoms with Gasteiger partial charge in [0.05, 0.1) is 0 Å². The van der Waals surface area contributed by atoms with E-state index in [1.54, 1.807) is 0 Å². The van der Waals surface area contributed by atoms with Crippen LogP contribution in [0.4, 0.5) is 20.8 Å². The van der Waals surface area contributed by atoms with Crippen LogP contribution in [-0.2, 0) is 0 Å². The Kier molecular flexibility index (Phi) is 5.10. The molecule has 0 unspecified atom stereocenters. The minimum atomic E-state index is -11.1. The van der Waals surface area contributed by atoms with E-state index < -0.39 is 14.2 Å². The summed E-state index contributed by atoms with van der Waals surface area (Å²) in [7, 11) is 0. The molecule has 118 valence electrons. The van der Waals surface area contributed by atoms with Gasteiger partial charge in [0.15, 0.2) is 7.14 Å². The van der Waals surface area contributed by atoms with Gasteiger partial charge < -0.3 is 0 Å². The summed E-state index contributed by atoms with van der Waals surface area (Å²) < 4.78 is 62.4. The number of aryl methyl sites for hydroxylation is 1. The summed E-state index contributed by atoms with van der Waals surface area (Å²) in [6.45, 7) is 2.13. The van der Waals surface area contributed by atoms with Gasteiger partial charge in [-0.05, 0) is 31.2 Å². The van der Waals surface area contributed by atoms with Gasteiger partial charge in [-0.15, -0.1) is 0 Å². The first kappa shape index (κ1) is 18.4. The van der Waals surface area contributed by atoms with E-state index in [2.05, 4.69) is 61.5 Å². The summed E-state index contributed by atoms with van der Waals surface area (Å²) in [5.74, 6) is 0. The van der Waals surface area contributed by atoms with Crippen LogP contribution in [0.3, 0.4) is 0 Å². The molecule has 0 saturated heterocycles. The van der Waals surface area contributed by atoms with E-state index in [9.17, 15) is 20.8 Å². The molecule has 2 aromatic carbocycles. The van der Waals surface area contributed by atoms with Crippen LogP contribution in [0.25, 0.3) is 0 Å². The fourth-order valence-corrected chi connectivity index (χ4v) is 3.41. The van der Waals surface area contributed by atoms with E-state index in [0.717, 1.165) is 0 Å². The third kappa shape index (κ3) is 12.7. The number of hydrogen-bond donors (Lipinski definition) is 0. The Hall–Kier alpha value is -0.692. The first-order valence-electron chi connectivity index (χ1n) is 5.62. The second kappa shape index (κ2) is 5.83. The molecule has 0 saturated carbocycles. The molecule has 0 heterocycles. The molecular weight excluding hydrogens is 472 g/mol. The summed E-state index contributed by atoms with van der Waals surface area (Å²) in [6, 6.07) is 19.6. The number of rotatable bonds is 2. The van der Waals surface area contributed by atoms with Gasteiger partial charge in [-0.3, -0.25) is 0 Å². The van der Waals surface area contributed by atoms with Crippen molar-refractivity contribution in [2.75, 3.05) is 0 Å². The quantitative estimate of drug-likeness (QED) is 0.349. The van der Waals surface area contributed by atoms with Crippen molar-refractivity contribution in [3.8, 4) is 0 Å². The van der Waals surface area contributed by atoms with Crippen molar-refractivity contribution in [1.82, 2.24) is 0 Å². The van der Waals surface area contributed by atoms with Crippen LogP contribution in [0, 0.1) is 14.1 Å². The molecule has 0 aromatic heterocycles. The molecule has 0 N–H and O–H groups in total. The monoisotopic (exact) mass is 484 g/mol. The van der Waals surface area contributed by atoms with E-state index in [-0.39, 0.29) is 21.2 Å². The molecule has 0 radical (unpaired) electrons.